The first-order chi connectivity index (χ1) is 23.7. The minimum Gasteiger partial charge on any atom is -0.493 e. The third-order valence-corrected chi connectivity index (χ3v) is 10.5. The van der Waals surface area contributed by atoms with Crippen molar-refractivity contribution in [1.82, 2.24) is 19.3 Å². The first-order valence-corrected chi connectivity index (χ1v) is 18.2. The van der Waals surface area contributed by atoms with Gasteiger partial charge in [-0.25, -0.2) is 17.6 Å². The largest absolute Gasteiger partial charge is 0.493 e. The Morgan fingerprint density at radius 1 is 1.06 bits per heavy atom. The molecule has 3 atom stereocenters. The van der Waals surface area contributed by atoms with Gasteiger partial charge in [0.25, 0.3) is 5.91 Å². The Hall–Kier alpha value is -4.05. The van der Waals surface area contributed by atoms with E-state index in [4.69, 9.17) is 14.0 Å². The number of hydrogen-bond donors (Lipinski definition) is 2. The Balaban J connectivity index is 1.64. The lowest BCUT2D eigenvalue weighted by Crippen LogP contribution is -2.49. The van der Waals surface area contributed by atoms with Crippen molar-refractivity contribution in [2.75, 3.05) is 64.6 Å². The third kappa shape index (κ3) is 10.0. The van der Waals surface area contributed by atoms with Gasteiger partial charge < -0.3 is 34.4 Å². The van der Waals surface area contributed by atoms with Crippen molar-refractivity contribution < 1.29 is 36.4 Å². The maximum atomic E-state index is 14.6. The predicted octanol–water partition coefficient (Wildman–Crippen LogP) is 5.37. The number of hydrogen-bond acceptors (Lipinski definition) is 9. The molecule has 3 amide bonds. The van der Waals surface area contributed by atoms with Crippen LogP contribution in [0.3, 0.4) is 0 Å². The lowest BCUT2D eigenvalue weighted by molar-refractivity contribution is -0.00637. The van der Waals surface area contributed by atoms with E-state index in [-0.39, 0.29) is 41.4 Å². The summed E-state index contributed by atoms with van der Waals surface area (Å²) in [4.78, 5) is 31.2. The van der Waals surface area contributed by atoms with E-state index < -0.39 is 28.0 Å². The molecule has 1 aliphatic heterocycles. The second-order valence-corrected chi connectivity index (χ2v) is 15.1. The zero-order chi connectivity index (χ0) is 36.6. The fourth-order valence-electron chi connectivity index (χ4n) is 5.84. The van der Waals surface area contributed by atoms with Gasteiger partial charge in [0.15, 0.2) is 5.76 Å². The number of amides is 3. The zero-order valence-electron chi connectivity index (χ0n) is 29.9. The molecule has 0 saturated heterocycles. The molecule has 0 fully saturated rings. The standard InChI is InChI=1S/C35H49FN6O7S/c1-23-20-42(24(2)21-40(5)6)34(43)30-19-28(37-35(44)38-33-25(3)39-49-26(33)4)13-16-31(30)47-17-9-8-10-18-48-32(23)22-41(7)50(45,46)29-14-11-27(36)12-15-29/h11-16,19,23-24,32H,8-10,17-18,20-22H2,1-7H3,(H2,37,38,44)/t23-,24+,32+/m1/s1. The zero-order valence-corrected chi connectivity index (χ0v) is 30.7. The third-order valence-electron chi connectivity index (χ3n) is 8.62. The smallest absolute Gasteiger partial charge is 0.323 e. The van der Waals surface area contributed by atoms with E-state index in [0.717, 1.165) is 25.0 Å². The average Bonchev–Trinajstić information content (AvgIpc) is 3.37. The van der Waals surface area contributed by atoms with Crippen molar-refractivity contribution in [2.45, 2.75) is 64.0 Å². The Labute approximate surface area is 294 Å². The molecule has 3 aromatic rings. The summed E-state index contributed by atoms with van der Waals surface area (Å²) >= 11 is 0. The van der Waals surface area contributed by atoms with Gasteiger partial charge in [0, 0.05) is 50.9 Å². The number of rotatable bonds is 9. The van der Waals surface area contributed by atoms with Crippen LogP contribution in [0.25, 0.3) is 0 Å². The van der Waals surface area contributed by atoms with Crippen LogP contribution in [0, 0.1) is 25.6 Å². The number of nitrogens with one attached hydrogen (secondary N) is 2. The molecule has 274 valence electrons. The van der Waals surface area contributed by atoms with Crippen LogP contribution in [0.2, 0.25) is 0 Å². The molecule has 1 aromatic heterocycles. The van der Waals surface area contributed by atoms with E-state index in [9.17, 15) is 22.4 Å². The fraction of sp³-hybridized carbons (Fsp3) is 0.514. The molecular weight excluding hydrogens is 667 g/mol. The number of aromatic nitrogens is 1. The van der Waals surface area contributed by atoms with Gasteiger partial charge in [-0.3, -0.25) is 4.79 Å². The van der Waals surface area contributed by atoms with Gasteiger partial charge in [-0.2, -0.15) is 4.31 Å². The SMILES string of the molecule is Cc1noc(C)c1NC(=O)Nc1ccc2c(c1)C(=O)N([C@@H](C)CN(C)C)C[C@@H](C)[C@H](CN(C)S(=O)(=O)c1ccc(F)cc1)OCCCCCO2. The quantitative estimate of drug-likeness (QED) is 0.298. The predicted molar refractivity (Wildman–Crippen MR) is 189 cm³/mol. The maximum absolute atomic E-state index is 14.6. The fourth-order valence-corrected chi connectivity index (χ4v) is 7.03. The van der Waals surface area contributed by atoms with Crippen LogP contribution in [-0.4, -0.2) is 106 Å². The van der Waals surface area contributed by atoms with E-state index in [1.165, 1.54) is 23.5 Å². The van der Waals surface area contributed by atoms with Gasteiger partial charge in [-0.15, -0.1) is 0 Å². The summed E-state index contributed by atoms with van der Waals surface area (Å²) in [5.74, 6) is -0.271. The molecule has 4 rings (SSSR count). The second kappa shape index (κ2) is 17.2. The van der Waals surface area contributed by atoms with E-state index in [1.807, 2.05) is 32.8 Å². The topological polar surface area (TPSA) is 147 Å². The van der Waals surface area contributed by atoms with Crippen molar-refractivity contribution in [3.63, 3.8) is 0 Å². The number of aryl methyl sites for hydroxylation is 2. The minimum absolute atomic E-state index is 0.0206. The van der Waals surface area contributed by atoms with Crippen LogP contribution in [0.5, 0.6) is 5.75 Å². The van der Waals surface area contributed by atoms with Gasteiger partial charge in [0.05, 0.1) is 23.2 Å². The number of urea groups is 1. The number of nitrogens with zero attached hydrogens (tertiary/aromatic N) is 4. The molecule has 0 saturated carbocycles. The second-order valence-electron chi connectivity index (χ2n) is 13.1. The molecule has 1 aliphatic rings. The molecule has 0 bridgehead atoms. The first-order valence-electron chi connectivity index (χ1n) is 16.7. The molecular formula is C35H49FN6O7S. The number of carbonyl (C=O) groups excluding carboxylic acids is 2. The summed E-state index contributed by atoms with van der Waals surface area (Å²) in [7, 11) is 1.38. The van der Waals surface area contributed by atoms with Crippen LogP contribution >= 0.6 is 0 Å². The van der Waals surface area contributed by atoms with Crippen LogP contribution < -0.4 is 15.4 Å². The van der Waals surface area contributed by atoms with Gasteiger partial charge in [0.2, 0.25) is 10.0 Å². The highest BCUT2D eigenvalue weighted by Crippen LogP contribution is 2.28. The van der Waals surface area contributed by atoms with E-state index >= 15 is 0 Å². The highest BCUT2D eigenvalue weighted by molar-refractivity contribution is 7.89. The normalized spacial score (nSPS) is 18.7. The number of likely N-dealkylation sites (N-methyl/N-ethyl adjacent to an activating group) is 2. The van der Waals surface area contributed by atoms with Crippen LogP contribution in [0.4, 0.5) is 20.6 Å². The number of benzene rings is 2. The van der Waals surface area contributed by atoms with Gasteiger partial charge in [-0.1, -0.05) is 12.1 Å². The highest BCUT2D eigenvalue weighted by atomic mass is 32.2. The summed E-state index contributed by atoms with van der Waals surface area (Å²) in [6.07, 6.45) is 1.67. The van der Waals surface area contributed by atoms with Crippen LogP contribution in [0.15, 0.2) is 51.9 Å². The highest BCUT2D eigenvalue weighted by Gasteiger charge is 2.32. The van der Waals surface area contributed by atoms with Gasteiger partial charge in [0.1, 0.15) is 22.9 Å². The monoisotopic (exact) mass is 716 g/mol. The van der Waals surface area contributed by atoms with Crippen molar-refractivity contribution in [1.29, 1.82) is 0 Å². The van der Waals surface area contributed by atoms with Gasteiger partial charge >= 0.3 is 6.03 Å². The van der Waals surface area contributed by atoms with Crippen molar-refractivity contribution in [3.8, 4) is 5.75 Å². The van der Waals surface area contributed by atoms with E-state index in [2.05, 4.69) is 15.8 Å². The molecule has 2 N–H and O–H groups in total. The Bertz CT molecular complexity index is 1700. The average molecular weight is 717 g/mol. The molecule has 2 aromatic carbocycles. The first kappa shape index (κ1) is 38.7. The number of sulfonamides is 1. The Morgan fingerprint density at radius 3 is 2.42 bits per heavy atom. The van der Waals surface area contributed by atoms with Crippen LogP contribution in [0.1, 0.15) is 54.9 Å². The molecule has 0 aliphatic carbocycles. The van der Waals surface area contributed by atoms with Crippen molar-refractivity contribution >= 4 is 33.3 Å². The lowest BCUT2D eigenvalue weighted by Gasteiger charge is -2.37. The summed E-state index contributed by atoms with van der Waals surface area (Å²) in [6.45, 7) is 8.90. The number of anilines is 2. The molecule has 50 heavy (non-hydrogen) atoms. The summed E-state index contributed by atoms with van der Waals surface area (Å²) < 4.78 is 59.2. The summed E-state index contributed by atoms with van der Waals surface area (Å²) in [5.41, 5.74) is 1.66. The number of halogens is 1. The minimum atomic E-state index is -3.94. The molecule has 2 heterocycles. The number of ether oxygens (including phenoxy) is 2. The molecule has 0 spiro atoms. The molecule has 0 radical (unpaired) electrons. The lowest BCUT2D eigenvalue weighted by atomic mass is 10.0. The summed E-state index contributed by atoms with van der Waals surface area (Å²) in [5, 5.41) is 9.41. The molecule has 0 unspecified atom stereocenters. The van der Waals surface area contributed by atoms with E-state index in [1.54, 1.807) is 36.9 Å². The van der Waals surface area contributed by atoms with Crippen molar-refractivity contribution in [2.24, 2.45) is 5.92 Å². The maximum Gasteiger partial charge on any atom is 0.323 e. The molecule has 13 nitrogen and oxygen atoms in total. The van der Waals surface area contributed by atoms with Crippen molar-refractivity contribution in [3.05, 3.63) is 65.3 Å². The van der Waals surface area contributed by atoms with Crippen LogP contribution in [-0.2, 0) is 14.8 Å². The number of fused-ring (bicyclic) bond motifs is 1. The number of carbonyl (C=O) groups is 2. The Morgan fingerprint density at radius 2 is 1.76 bits per heavy atom. The Kier molecular flexibility index (Phi) is 13.4. The molecule has 15 heteroatoms. The van der Waals surface area contributed by atoms with E-state index in [0.29, 0.717) is 54.8 Å². The summed E-state index contributed by atoms with van der Waals surface area (Å²) in [6, 6.07) is 8.89. The van der Waals surface area contributed by atoms with Gasteiger partial charge in [-0.05, 0) is 96.6 Å².